The maximum Gasteiger partial charge on any atom is 0.124 e. The molecule has 0 atom stereocenters. The Morgan fingerprint density at radius 1 is 1.24 bits per heavy atom. The topological polar surface area (TPSA) is 59.6 Å². The van der Waals surface area contributed by atoms with Crippen LogP contribution < -0.4 is 10.6 Å². The van der Waals surface area contributed by atoms with Gasteiger partial charge in [0.25, 0.3) is 0 Å². The van der Waals surface area contributed by atoms with Crippen molar-refractivity contribution in [2.24, 2.45) is 5.73 Å². The number of nitrogen functional groups attached to an aromatic ring is 1. The average Bonchev–Trinajstić information content (AvgIpc) is 2.45. The summed E-state index contributed by atoms with van der Waals surface area (Å²) >= 11 is 0. The molecule has 0 unspecified atom stereocenters. The van der Waals surface area contributed by atoms with Crippen LogP contribution in [0.5, 0.6) is 0 Å². The van der Waals surface area contributed by atoms with Gasteiger partial charge in [-0.25, -0.2) is 0 Å². The van der Waals surface area contributed by atoms with Crippen LogP contribution in [0, 0.1) is 12.3 Å². The Kier molecular flexibility index (Phi) is 5.20. The Hall–Kier alpha value is -1.59. The lowest BCUT2D eigenvalue weighted by atomic mass is 10.0. The van der Waals surface area contributed by atoms with E-state index in [1.165, 1.54) is 5.56 Å². The minimum absolute atomic E-state index is 0.156. The van der Waals surface area contributed by atoms with Crippen molar-refractivity contribution in [1.29, 1.82) is 5.41 Å². The molecule has 1 heterocycles. The molecular weight excluding hydrogens is 262 g/mol. The first-order valence-corrected chi connectivity index (χ1v) is 7.55. The molecule has 21 heavy (non-hydrogen) atoms. The van der Waals surface area contributed by atoms with Crippen LogP contribution in [0.15, 0.2) is 18.2 Å². The molecule has 1 aromatic carbocycles. The van der Waals surface area contributed by atoms with Gasteiger partial charge in [0.1, 0.15) is 5.84 Å². The number of hydrogen-bond donors (Lipinski definition) is 2. The van der Waals surface area contributed by atoms with Crippen molar-refractivity contribution >= 4 is 11.5 Å². The molecule has 1 fully saturated rings. The van der Waals surface area contributed by atoms with E-state index >= 15 is 0 Å². The van der Waals surface area contributed by atoms with Crippen LogP contribution in [0.3, 0.4) is 0 Å². The number of nitrogens with one attached hydrogen (secondary N) is 1. The predicted molar refractivity (Wildman–Crippen MR) is 89.4 cm³/mol. The fourth-order valence-electron chi connectivity index (χ4n) is 2.83. The molecule has 0 radical (unpaired) electrons. The summed E-state index contributed by atoms with van der Waals surface area (Å²) in [6.45, 7) is 8.45. The van der Waals surface area contributed by atoms with Crippen molar-refractivity contribution in [2.75, 3.05) is 58.3 Å². The Morgan fingerprint density at radius 2 is 1.90 bits per heavy atom. The van der Waals surface area contributed by atoms with Crippen LogP contribution in [-0.4, -0.2) is 69.0 Å². The summed E-state index contributed by atoms with van der Waals surface area (Å²) in [6.07, 6.45) is 0. The molecule has 116 valence electrons. The van der Waals surface area contributed by atoms with Gasteiger partial charge in [0.15, 0.2) is 0 Å². The van der Waals surface area contributed by atoms with Crippen LogP contribution in [0.1, 0.15) is 11.1 Å². The van der Waals surface area contributed by atoms with Crippen molar-refractivity contribution in [3.05, 3.63) is 29.3 Å². The normalized spacial score (nSPS) is 16.5. The van der Waals surface area contributed by atoms with Gasteiger partial charge < -0.3 is 15.5 Å². The summed E-state index contributed by atoms with van der Waals surface area (Å²) < 4.78 is 0. The first-order chi connectivity index (χ1) is 9.99. The van der Waals surface area contributed by atoms with Crippen molar-refractivity contribution in [1.82, 2.24) is 9.80 Å². The summed E-state index contributed by atoms with van der Waals surface area (Å²) in [4.78, 5) is 7.10. The zero-order valence-corrected chi connectivity index (χ0v) is 13.4. The van der Waals surface area contributed by atoms with Crippen molar-refractivity contribution < 1.29 is 0 Å². The Labute approximate surface area is 127 Å². The number of hydrogen-bond acceptors (Lipinski definition) is 4. The number of nitrogens with two attached hydrogens (primary N) is 1. The quantitative estimate of drug-likeness (QED) is 0.626. The summed E-state index contributed by atoms with van der Waals surface area (Å²) in [5.41, 5.74) is 8.93. The number of aryl methyl sites for hydroxylation is 1. The molecule has 0 aromatic heterocycles. The highest BCUT2D eigenvalue weighted by Crippen LogP contribution is 2.26. The molecule has 0 saturated carbocycles. The zero-order chi connectivity index (χ0) is 15.4. The first kappa shape index (κ1) is 15.8. The Morgan fingerprint density at radius 3 is 2.48 bits per heavy atom. The van der Waals surface area contributed by atoms with E-state index in [1.807, 2.05) is 12.1 Å². The molecule has 0 bridgehead atoms. The summed E-state index contributed by atoms with van der Waals surface area (Å²) in [6, 6.07) is 6.02. The van der Waals surface area contributed by atoms with E-state index in [2.05, 4.69) is 41.8 Å². The lowest BCUT2D eigenvalue weighted by Crippen LogP contribution is -2.48. The van der Waals surface area contributed by atoms with E-state index in [4.69, 9.17) is 11.1 Å². The second-order valence-electron chi connectivity index (χ2n) is 6.02. The van der Waals surface area contributed by atoms with Gasteiger partial charge in [-0.15, -0.1) is 0 Å². The standard InChI is InChI=1S/C16H27N5/c1-13-5-4-6-14(16(17)18)15(13)21-11-9-20(10-12-21)8-7-19(2)3/h4-6H,7-12H2,1-3H3,(H3,17,18). The highest BCUT2D eigenvalue weighted by molar-refractivity contribution is 6.01. The van der Waals surface area contributed by atoms with Gasteiger partial charge in [0.05, 0.1) is 5.69 Å². The second kappa shape index (κ2) is 6.91. The van der Waals surface area contributed by atoms with E-state index in [0.29, 0.717) is 0 Å². The molecule has 0 amide bonds. The van der Waals surface area contributed by atoms with Crippen molar-refractivity contribution in [3.63, 3.8) is 0 Å². The number of likely N-dealkylation sites (N-methyl/N-ethyl adjacent to an activating group) is 1. The van der Waals surface area contributed by atoms with E-state index in [1.54, 1.807) is 0 Å². The molecule has 1 aliphatic heterocycles. The van der Waals surface area contributed by atoms with Gasteiger partial charge in [-0.05, 0) is 32.6 Å². The van der Waals surface area contributed by atoms with Crippen molar-refractivity contribution in [3.8, 4) is 0 Å². The molecule has 0 spiro atoms. The third kappa shape index (κ3) is 3.95. The molecule has 1 aliphatic rings. The fraction of sp³-hybridized carbons (Fsp3) is 0.562. The summed E-state index contributed by atoms with van der Waals surface area (Å²) in [5, 5.41) is 7.78. The molecule has 5 heteroatoms. The van der Waals surface area contributed by atoms with Crippen LogP contribution in [-0.2, 0) is 0 Å². The number of para-hydroxylation sites is 1. The number of nitrogens with zero attached hydrogens (tertiary/aromatic N) is 3. The molecule has 1 aromatic rings. The monoisotopic (exact) mass is 289 g/mol. The molecule has 5 nitrogen and oxygen atoms in total. The summed E-state index contributed by atoms with van der Waals surface area (Å²) in [7, 11) is 4.23. The minimum atomic E-state index is 0.156. The number of piperazine rings is 1. The Bertz CT molecular complexity index is 489. The average molecular weight is 289 g/mol. The molecule has 3 N–H and O–H groups in total. The minimum Gasteiger partial charge on any atom is -0.384 e. The highest BCUT2D eigenvalue weighted by Gasteiger charge is 2.21. The molecule has 0 aliphatic carbocycles. The molecular formula is C16H27N5. The lowest BCUT2D eigenvalue weighted by molar-refractivity contribution is 0.229. The number of anilines is 1. The van der Waals surface area contributed by atoms with Gasteiger partial charge in [-0.2, -0.15) is 0 Å². The lowest BCUT2D eigenvalue weighted by Gasteiger charge is -2.38. The SMILES string of the molecule is Cc1cccc(C(=N)N)c1N1CCN(CCN(C)C)CC1. The van der Waals surface area contributed by atoms with E-state index in [9.17, 15) is 0 Å². The van der Waals surface area contributed by atoms with Gasteiger partial charge >= 0.3 is 0 Å². The van der Waals surface area contributed by atoms with Crippen LogP contribution in [0.25, 0.3) is 0 Å². The van der Waals surface area contributed by atoms with Gasteiger partial charge in [-0.3, -0.25) is 10.3 Å². The van der Waals surface area contributed by atoms with E-state index in [-0.39, 0.29) is 5.84 Å². The summed E-state index contributed by atoms with van der Waals surface area (Å²) in [5.74, 6) is 0.156. The zero-order valence-electron chi connectivity index (χ0n) is 13.4. The second-order valence-corrected chi connectivity index (χ2v) is 6.02. The third-order valence-electron chi connectivity index (χ3n) is 4.08. The highest BCUT2D eigenvalue weighted by atomic mass is 15.3. The molecule has 1 saturated heterocycles. The smallest absolute Gasteiger partial charge is 0.124 e. The molecule has 2 rings (SSSR count). The number of rotatable bonds is 5. The largest absolute Gasteiger partial charge is 0.384 e. The van der Waals surface area contributed by atoms with E-state index < -0.39 is 0 Å². The van der Waals surface area contributed by atoms with Gasteiger partial charge in [0, 0.05) is 44.8 Å². The maximum atomic E-state index is 7.78. The number of benzene rings is 1. The Balaban J connectivity index is 2.04. The van der Waals surface area contributed by atoms with E-state index in [0.717, 1.165) is 50.5 Å². The third-order valence-corrected chi connectivity index (χ3v) is 4.08. The number of amidine groups is 1. The van der Waals surface area contributed by atoms with Crippen LogP contribution in [0.4, 0.5) is 5.69 Å². The fourth-order valence-corrected chi connectivity index (χ4v) is 2.83. The predicted octanol–water partition coefficient (Wildman–Crippen LogP) is 0.963. The van der Waals surface area contributed by atoms with Gasteiger partial charge in [-0.1, -0.05) is 12.1 Å². The van der Waals surface area contributed by atoms with Crippen LogP contribution >= 0.6 is 0 Å². The maximum absolute atomic E-state index is 7.78. The van der Waals surface area contributed by atoms with Crippen molar-refractivity contribution in [2.45, 2.75) is 6.92 Å². The first-order valence-electron chi connectivity index (χ1n) is 7.55. The van der Waals surface area contributed by atoms with Gasteiger partial charge in [0.2, 0.25) is 0 Å². The van der Waals surface area contributed by atoms with Crippen LogP contribution in [0.2, 0.25) is 0 Å².